The van der Waals surface area contributed by atoms with Crippen molar-refractivity contribution in [1.82, 2.24) is 0 Å². The highest BCUT2D eigenvalue weighted by Gasteiger charge is 2.26. The van der Waals surface area contributed by atoms with Crippen LogP contribution in [0.1, 0.15) is 28.8 Å². The molecule has 0 spiro atoms. The quantitative estimate of drug-likeness (QED) is 0.745. The summed E-state index contributed by atoms with van der Waals surface area (Å²) >= 11 is 0. The van der Waals surface area contributed by atoms with E-state index in [1.54, 1.807) is 19.1 Å². The number of aryl methyl sites for hydroxylation is 1. The topological polar surface area (TPSA) is 69.6 Å². The first-order chi connectivity index (χ1) is 8.06. The first-order valence-corrected chi connectivity index (χ1v) is 5.82. The zero-order chi connectivity index (χ0) is 12.4. The van der Waals surface area contributed by atoms with Crippen molar-refractivity contribution >= 4 is 11.7 Å². The number of carboxylic acids is 1. The van der Waals surface area contributed by atoms with Crippen molar-refractivity contribution in [2.45, 2.75) is 25.9 Å². The summed E-state index contributed by atoms with van der Waals surface area (Å²) < 4.78 is 0. The van der Waals surface area contributed by atoms with E-state index >= 15 is 0 Å². The second kappa shape index (κ2) is 4.75. The minimum Gasteiger partial charge on any atom is -0.478 e. The van der Waals surface area contributed by atoms with Gasteiger partial charge in [-0.2, -0.15) is 0 Å². The van der Waals surface area contributed by atoms with E-state index in [0.29, 0.717) is 11.5 Å². The summed E-state index contributed by atoms with van der Waals surface area (Å²) in [4.78, 5) is 10.8. The van der Waals surface area contributed by atoms with Gasteiger partial charge in [0.1, 0.15) is 0 Å². The fourth-order valence-corrected chi connectivity index (χ4v) is 2.14. The molecule has 0 aromatic heterocycles. The van der Waals surface area contributed by atoms with Gasteiger partial charge in [0.05, 0.1) is 11.7 Å². The first-order valence-electron chi connectivity index (χ1n) is 5.82. The molecular weight excluding hydrogens is 218 g/mol. The number of anilines is 1. The van der Waals surface area contributed by atoms with Crippen molar-refractivity contribution in [3.8, 4) is 0 Å². The maximum absolute atomic E-state index is 10.8. The fourth-order valence-electron chi connectivity index (χ4n) is 2.14. The molecule has 3 N–H and O–H groups in total. The van der Waals surface area contributed by atoms with Gasteiger partial charge in [-0.1, -0.05) is 0 Å². The highest BCUT2D eigenvalue weighted by molar-refractivity contribution is 5.89. The molecule has 1 aromatic rings. The van der Waals surface area contributed by atoms with Crippen LogP contribution in [0.5, 0.6) is 0 Å². The maximum atomic E-state index is 10.8. The van der Waals surface area contributed by atoms with Gasteiger partial charge in [-0.05, 0) is 49.4 Å². The Kier molecular flexibility index (Phi) is 3.33. The second-order valence-corrected chi connectivity index (χ2v) is 4.71. The molecule has 0 heterocycles. The highest BCUT2D eigenvalue weighted by Crippen LogP contribution is 2.27. The van der Waals surface area contributed by atoms with Crippen molar-refractivity contribution in [2.24, 2.45) is 5.92 Å². The lowest BCUT2D eigenvalue weighted by Gasteiger charge is -2.31. The number of aliphatic hydroxyl groups is 1. The lowest BCUT2D eigenvalue weighted by atomic mass is 9.82. The average Bonchev–Trinajstić information content (AvgIpc) is 2.22. The molecule has 0 radical (unpaired) electrons. The molecule has 1 fully saturated rings. The van der Waals surface area contributed by atoms with Gasteiger partial charge in [0.25, 0.3) is 0 Å². The van der Waals surface area contributed by atoms with Gasteiger partial charge in [-0.25, -0.2) is 4.79 Å². The van der Waals surface area contributed by atoms with E-state index in [1.807, 2.05) is 6.07 Å². The molecule has 92 valence electrons. The SMILES string of the molecule is Cc1cc(NCC2CC(O)C2)ccc1C(=O)O. The summed E-state index contributed by atoms with van der Waals surface area (Å²) in [6.07, 6.45) is 1.59. The number of benzene rings is 1. The molecule has 0 saturated heterocycles. The van der Waals surface area contributed by atoms with Gasteiger partial charge in [0.2, 0.25) is 0 Å². The lowest BCUT2D eigenvalue weighted by Crippen LogP contribution is -2.33. The van der Waals surface area contributed by atoms with E-state index in [4.69, 9.17) is 10.2 Å². The molecule has 0 unspecified atom stereocenters. The molecule has 0 amide bonds. The van der Waals surface area contributed by atoms with Crippen molar-refractivity contribution < 1.29 is 15.0 Å². The molecule has 0 bridgehead atoms. The maximum Gasteiger partial charge on any atom is 0.335 e. The summed E-state index contributed by atoms with van der Waals surface area (Å²) in [6, 6.07) is 5.25. The molecule has 17 heavy (non-hydrogen) atoms. The molecule has 1 aliphatic carbocycles. The Bertz CT molecular complexity index is 425. The molecule has 0 atom stereocenters. The van der Waals surface area contributed by atoms with Crippen LogP contribution in [-0.4, -0.2) is 28.8 Å². The standard InChI is InChI=1S/C13H17NO3/c1-8-4-10(2-3-12(8)13(16)17)14-7-9-5-11(15)6-9/h2-4,9,11,14-15H,5-7H2,1H3,(H,16,17). The van der Waals surface area contributed by atoms with Crippen LogP contribution in [0.3, 0.4) is 0 Å². The van der Waals surface area contributed by atoms with E-state index in [9.17, 15) is 4.79 Å². The van der Waals surface area contributed by atoms with Crippen LogP contribution in [0.15, 0.2) is 18.2 Å². The van der Waals surface area contributed by atoms with Crippen molar-refractivity contribution in [3.05, 3.63) is 29.3 Å². The lowest BCUT2D eigenvalue weighted by molar-refractivity contribution is 0.0486. The number of hydrogen-bond acceptors (Lipinski definition) is 3. The third-order valence-electron chi connectivity index (χ3n) is 3.26. The predicted molar refractivity (Wildman–Crippen MR) is 65.4 cm³/mol. The van der Waals surface area contributed by atoms with Gasteiger partial charge >= 0.3 is 5.97 Å². The van der Waals surface area contributed by atoms with Crippen molar-refractivity contribution in [3.63, 3.8) is 0 Å². The molecule has 1 aromatic carbocycles. The third-order valence-corrected chi connectivity index (χ3v) is 3.26. The van der Waals surface area contributed by atoms with E-state index in [2.05, 4.69) is 5.32 Å². The molecule has 2 rings (SSSR count). The molecule has 1 saturated carbocycles. The second-order valence-electron chi connectivity index (χ2n) is 4.71. The number of carbonyl (C=O) groups is 1. The molecule has 4 heteroatoms. The molecule has 1 aliphatic rings. The van der Waals surface area contributed by atoms with Gasteiger partial charge in [0.15, 0.2) is 0 Å². The zero-order valence-electron chi connectivity index (χ0n) is 9.81. The van der Waals surface area contributed by atoms with E-state index in [0.717, 1.165) is 30.6 Å². The summed E-state index contributed by atoms with van der Waals surface area (Å²) in [5.41, 5.74) is 2.04. The normalized spacial score (nSPS) is 22.9. The number of aromatic carboxylic acids is 1. The number of hydrogen-bond donors (Lipinski definition) is 3. The van der Waals surface area contributed by atoms with Crippen LogP contribution < -0.4 is 5.32 Å². The smallest absolute Gasteiger partial charge is 0.335 e. The molecular formula is C13H17NO3. The third kappa shape index (κ3) is 2.77. The van der Waals surface area contributed by atoms with Crippen molar-refractivity contribution in [2.75, 3.05) is 11.9 Å². The minimum atomic E-state index is -0.892. The van der Waals surface area contributed by atoms with Crippen molar-refractivity contribution in [1.29, 1.82) is 0 Å². The predicted octanol–water partition coefficient (Wildman–Crippen LogP) is 1.88. The van der Waals surface area contributed by atoms with E-state index < -0.39 is 5.97 Å². The summed E-state index contributed by atoms with van der Waals surface area (Å²) in [7, 11) is 0. The summed E-state index contributed by atoms with van der Waals surface area (Å²) in [5, 5.41) is 21.3. The van der Waals surface area contributed by atoms with Gasteiger partial charge in [-0.3, -0.25) is 0 Å². The monoisotopic (exact) mass is 235 g/mol. The first kappa shape index (κ1) is 11.9. The zero-order valence-corrected chi connectivity index (χ0v) is 9.81. The number of aliphatic hydroxyl groups excluding tert-OH is 1. The average molecular weight is 235 g/mol. The Morgan fingerprint density at radius 3 is 2.71 bits per heavy atom. The molecule has 4 nitrogen and oxygen atoms in total. The largest absolute Gasteiger partial charge is 0.478 e. The van der Waals surface area contributed by atoms with E-state index in [1.165, 1.54) is 0 Å². The van der Waals surface area contributed by atoms with E-state index in [-0.39, 0.29) is 6.10 Å². The van der Waals surface area contributed by atoms with Gasteiger partial charge < -0.3 is 15.5 Å². The fraction of sp³-hybridized carbons (Fsp3) is 0.462. The Balaban J connectivity index is 1.93. The van der Waals surface area contributed by atoms with Crippen LogP contribution in [0.4, 0.5) is 5.69 Å². The van der Waals surface area contributed by atoms with Crippen LogP contribution in [-0.2, 0) is 0 Å². The highest BCUT2D eigenvalue weighted by atomic mass is 16.4. The van der Waals surface area contributed by atoms with Gasteiger partial charge in [-0.15, -0.1) is 0 Å². The molecule has 0 aliphatic heterocycles. The minimum absolute atomic E-state index is 0.127. The van der Waals surface area contributed by atoms with Crippen LogP contribution in [0.25, 0.3) is 0 Å². The summed E-state index contributed by atoms with van der Waals surface area (Å²) in [5.74, 6) is -0.361. The number of carboxylic acid groups (broad SMARTS) is 1. The Labute approximate surface area is 100 Å². The van der Waals surface area contributed by atoms with Crippen LogP contribution >= 0.6 is 0 Å². The summed E-state index contributed by atoms with van der Waals surface area (Å²) in [6.45, 7) is 2.63. The van der Waals surface area contributed by atoms with Crippen LogP contribution in [0.2, 0.25) is 0 Å². The Morgan fingerprint density at radius 1 is 1.47 bits per heavy atom. The Hall–Kier alpha value is -1.55. The number of nitrogens with one attached hydrogen (secondary N) is 1. The Morgan fingerprint density at radius 2 is 2.18 bits per heavy atom. The van der Waals surface area contributed by atoms with Crippen LogP contribution in [0, 0.1) is 12.8 Å². The number of rotatable bonds is 4. The van der Waals surface area contributed by atoms with Gasteiger partial charge in [0, 0.05) is 12.2 Å².